The topological polar surface area (TPSA) is 71.6 Å². The minimum absolute atomic E-state index is 0.0486. The number of rotatable bonds is 6. The van der Waals surface area contributed by atoms with Crippen molar-refractivity contribution in [3.63, 3.8) is 0 Å². The first kappa shape index (κ1) is 15.8. The number of methoxy groups -OCH3 is 2. The van der Waals surface area contributed by atoms with Crippen LogP contribution in [0.5, 0.6) is 5.75 Å². The highest BCUT2D eigenvalue weighted by molar-refractivity contribution is 5.97. The van der Waals surface area contributed by atoms with Crippen molar-refractivity contribution in [3.8, 4) is 5.75 Å². The molecule has 0 aliphatic carbocycles. The van der Waals surface area contributed by atoms with Crippen LogP contribution in [0.3, 0.4) is 0 Å². The molecule has 1 saturated heterocycles. The van der Waals surface area contributed by atoms with Crippen LogP contribution in [-0.4, -0.2) is 44.7 Å². The second kappa shape index (κ2) is 7.43. The lowest BCUT2D eigenvalue weighted by Gasteiger charge is -2.31. The summed E-state index contributed by atoms with van der Waals surface area (Å²) in [6.07, 6.45) is 2.37. The molecule has 0 saturated carbocycles. The molecule has 116 valence electrons. The van der Waals surface area contributed by atoms with Crippen LogP contribution in [0, 0.1) is 11.3 Å². The summed E-state index contributed by atoms with van der Waals surface area (Å²) < 4.78 is 10.5. The number of nitrogens with zero attached hydrogens (tertiary/aromatic N) is 1. The monoisotopic (exact) mass is 291 g/mol. The van der Waals surface area contributed by atoms with Crippen molar-refractivity contribution in [1.82, 2.24) is 4.90 Å². The van der Waals surface area contributed by atoms with Crippen LogP contribution in [0.4, 0.5) is 0 Å². The number of piperidine rings is 1. The van der Waals surface area contributed by atoms with Crippen LogP contribution in [0.2, 0.25) is 0 Å². The number of ether oxygens (including phenoxy) is 2. The molecule has 3 N–H and O–H groups in total. The maximum Gasteiger partial charge on any atom is 0.129 e. The molecule has 0 radical (unpaired) electrons. The van der Waals surface area contributed by atoms with E-state index < -0.39 is 0 Å². The van der Waals surface area contributed by atoms with Crippen LogP contribution in [-0.2, 0) is 11.3 Å². The third-order valence-electron chi connectivity index (χ3n) is 4.07. The molecule has 1 aromatic rings. The van der Waals surface area contributed by atoms with Crippen molar-refractivity contribution >= 4 is 5.84 Å². The summed E-state index contributed by atoms with van der Waals surface area (Å²) in [5, 5.41) is 7.64. The molecule has 0 unspecified atom stereocenters. The van der Waals surface area contributed by atoms with E-state index in [0.717, 1.165) is 26.2 Å². The third-order valence-corrected chi connectivity index (χ3v) is 4.07. The van der Waals surface area contributed by atoms with E-state index in [1.165, 1.54) is 18.4 Å². The fourth-order valence-electron chi connectivity index (χ4n) is 2.87. The molecular formula is C16H25N3O2. The molecule has 21 heavy (non-hydrogen) atoms. The fourth-order valence-corrected chi connectivity index (χ4v) is 2.87. The zero-order valence-corrected chi connectivity index (χ0v) is 12.9. The Balaban J connectivity index is 1.97. The Bertz CT molecular complexity index is 482. The van der Waals surface area contributed by atoms with Gasteiger partial charge in [-0.3, -0.25) is 10.3 Å². The molecule has 1 aliphatic rings. The minimum atomic E-state index is 0.0486. The Kier molecular flexibility index (Phi) is 5.59. The average Bonchev–Trinajstić information content (AvgIpc) is 2.49. The van der Waals surface area contributed by atoms with Crippen molar-refractivity contribution in [3.05, 3.63) is 29.3 Å². The first-order valence-corrected chi connectivity index (χ1v) is 7.36. The van der Waals surface area contributed by atoms with E-state index in [1.54, 1.807) is 14.2 Å². The van der Waals surface area contributed by atoms with Crippen molar-refractivity contribution < 1.29 is 9.47 Å². The highest BCUT2D eigenvalue weighted by Crippen LogP contribution is 2.23. The van der Waals surface area contributed by atoms with Crippen LogP contribution in [0.1, 0.15) is 24.0 Å². The number of likely N-dealkylation sites (tertiary alicyclic amines) is 1. The summed E-state index contributed by atoms with van der Waals surface area (Å²) in [4.78, 5) is 2.44. The molecule has 1 aromatic carbocycles. The number of hydrogen-bond acceptors (Lipinski definition) is 4. The molecule has 5 heteroatoms. The normalized spacial score (nSPS) is 16.9. The van der Waals surface area contributed by atoms with Crippen LogP contribution in [0.25, 0.3) is 0 Å². The predicted molar refractivity (Wildman–Crippen MR) is 83.9 cm³/mol. The summed E-state index contributed by atoms with van der Waals surface area (Å²) in [6, 6.07) is 5.90. The van der Waals surface area contributed by atoms with Gasteiger partial charge in [-0.25, -0.2) is 0 Å². The van der Waals surface area contributed by atoms with E-state index in [9.17, 15) is 0 Å². The van der Waals surface area contributed by atoms with E-state index in [0.29, 0.717) is 17.2 Å². The quantitative estimate of drug-likeness (QED) is 0.619. The molecule has 1 aliphatic heterocycles. The van der Waals surface area contributed by atoms with Crippen molar-refractivity contribution in [1.29, 1.82) is 5.41 Å². The Morgan fingerprint density at radius 1 is 1.33 bits per heavy atom. The predicted octanol–water partition coefficient (Wildman–Crippen LogP) is 1.84. The van der Waals surface area contributed by atoms with Crippen molar-refractivity contribution in [2.75, 3.05) is 33.9 Å². The highest BCUT2D eigenvalue weighted by atomic mass is 16.5. The molecule has 0 spiro atoms. The van der Waals surface area contributed by atoms with Gasteiger partial charge in [0, 0.05) is 20.3 Å². The molecule has 1 fully saturated rings. The van der Waals surface area contributed by atoms with Gasteiger partial charge in [-0.05, 0) is 49.5 Å². The first-order valence-electron chi connectivity index (χ1n) is 7.36. The zero-order valence-electron chi connectivity index (χ0n) is 12.9. The highest BCUT2D eigenvalue weighted by Gasteiger charge is 2.19. The maximum absolute atomic E-state index is 7.64. The smallest absolute Gasteiger partial charge is 0.129 e. The van der Waals surface area contributed by atoms with Gasteiger partial charge in [0.25, 0.3) is 0 Å². The lowest BCUT2D eigenvalue weighted by molar-refractivity contribution is 0.0968. The van der Waals surface area contributed by atoms with Gasteiger partial charge in [-0.15, -0.1) is 0 Å². The SMILES string of the molecule is COCC1CCN(Cc2ccc(OC)c(C(=N)N)c2)CC1. The number of nitrogen functional groups attached to an aromatic ring is 1. The van der Waals surface area contributed by atoms with Gasteiger partial charge in [0.15, 0.2) is 0 Å². The van der Waals surface area contributed by atoms with Gasteiger partial charge < -0.3 is 15.2 Å². The Hall–Kier alpha value is -1.59. The van der Waals surface area contributed by atoms with E-state index in [-0.39, 0.29) is 5.84 Å². The van der Waals surface area contributed by atoms with E-state index >= 15 is 0 Å². The summed E-state index contributed by atoms with van der Waals surface area (Å²) >= 11 is 0. The lowest BCUT2D eigenvalue weighted by Crippen LogP contribution is -2.34. The minimum Gasteiger partial charge on any atom is -0.496 e. The maximum atomic E-state index is 7.64. The van der Waals surface area contributed by atoms with Crippen LogP contribution >= 0.6 is 0 Å². The molecule has 0 atom stereocenters. The fraction of sp³-hybridized carbons (Fsp3) is 0.562. The van der Waals surface area contributed by atoms with Crippen molar-refractivity contribution in [2.45, 2.75) is 19.4 Å². The average molecular weight is 291 g/mol. The summed E-state index contributed by atoms with van der Waals surface area (Å²) in [5.41, 5.74) is 7.46. The van der Waals surface area contributed by atoms with Crippen LogP contribution in [0.15, 0.2) is 18.2 Å². The van der Waals surface area contributed by atoms with Gasteiger partial charge in [0.05, 0.1) is 12.7 Å². The molecule has 1 heterocycles. The first-order chi connectivity index (χ1) is 10.1. The van der Waals surface area contributed by atoms with E-state index in [2.05, 4.69) is 4.90 Å². The molecule has 0 aromatic heterocycles. The summed E-state index contributed by atoms with van der Waals surface area (Å²) in [5.74, 6) is 1.40. The molecule has 0 bridgehead atoms. The van der Waals surface area contributed by atoms with Gasteiger partial charge in [-0.2, -0.15) is 0 Å². The second-order valence-electron chi connectivity index (χ2n) is 5.62. The summed E-state index contributed by atoms with van der Waals surface area (Å²) in [7, 11) is 3.37. The van der Waals surface area contributed by atoms with Gasteiger partial charge in [0.1, 0.15) is 11.6 Å². The zero-order chi connectivity index (χ0) is 15.2. The second-order valence-corrected chi connectivity index (χ2v) is 5.62. The third kappa shape index (κ3) is 4.19. The van der Waals surface area contributed by atoms with Crippen LogP contribution < -0.4 is 10.5 Å². The number of amidine groups is 1. The number of nitrogens with two attached hydrogens (primary N) is 1. The molecule has 0 amide bonds. The van der Waals surface area contributed by atoms with E-state index in [4.69, 9.17) is 20.6 Å². The Morgan fingerprint density at radius 3 is 2.62 bits per heavy atom. The lowest BCUT2D eigenvalue weighted by atomic mass is 9.97. The van der Waals surface area contributed by atoms with Gasteiger partial charge in [0.2, 0.25) is 0 Å². The standard InChI is InChI=1S/C16H25N3O2/c1-20-11-12-5-7-19(8-6-12)10-13-3-4-15(21-2)14(9-13)16(17)18/h3-4,9,12H,5-8,10-11H2,1-2H3,(H3,17,18). The Labute approximate surface area is 126 Å². The molecule has 5 nitrogen and oxygen atoms in total. The largest absolute Gasteiger partial charge is 0.496 e. The number of benzene rings is 1. The molecular weight excluding hydrogens is 266 g/mol. The summed E-state index contributed by atoms with van der Waals surface area (Å²) in [6.45, 7) is 3.94. The number of hydrogen-bond donors (Lipinski definition) is 2. The van der Waals surface area contributed by atoms with Gasteiger partial charge >= 0.3 is 0 Å². The van der Waals surface area contributed by atoms with Crippen molar-refractivity contribution in [2.24, 2.45) is 11.7 Å². The molecule has 2 rings (SSSR count). The Morgan fingerprint density at radius 2 is 2.05 bits per heavy atom. The number of nitrogens with one attached hydrogen (secondary N) is 1. The van der Waals surface area contributed by atoms with Gasteiger partial charge in [-0.1, -0.05) is 6.07 Å². The van der Waals surface area contributed by atoms with E-state index in [1.807, 2.05) is 18.2 Å².